The normalized spacial score (nSPS) is 20.6. The van der Waals surface area contributed by atoms with Crippen molar-refractivity contribution in [2.45, 2.75) is 50.6 Å². The number of hydrogen-bond donors (Lipinski definition) is 1. The van der Waals surface area contributed by atoms with E-state index >= 15 is 0 Å². The summed E-state index contributed by atoms with van der Waals surface area (Å²) in [4.78, 5) is 33.0. The van der Waals surface area contributed by atoms with Crippen molar-refractivity contribution in [3.63, 3.8) is 0 Å². The van der Waals surface area contributed by atoms with E-state index < -0.39 is 0 Å². The highest BCUT2D eigenvalue weighted by Crippen LogP contribution is 2.39. The highest BCUT2D eigenvalue weighted by Gasteiger charge is 2.30. The van der Waals surface area contributed by atoms with Gasteiger partial charge in [0, 0.05) is 76.4 Å². The topological polar surface area (TPSA) is 91.0 Å². The molecule has 36 heavy (non-hydrogen) atoms. The minimum absolute atomic E-state index is 0.0257. The van der Waals surface area contributed by atoms with Gasteiger partial charge in [-0.25, -0.2) is 0 Å². The van der Waals surface area contributed by atoms with E-state index in [9.17, 15) is 9.59 Å². The Bertz CT molecular complexity index is 1050. The van der Waals surface area contributed by atoms with Crippen LogP contribution in [0.1, 0.15) is 59.8 Å². The smallest absolute Gasteiger partial charge is 0.274 e. The summed E-state index contributed by atoms with van der Waals surface area (Å²) in [5.74, 6) is 0.363. The molecule has 0 atom stereocenters. The predicted molar refractivity (Wildman–Crippen MR) is 136 cm³/mol. The van der Waals surface area contributed by atoms with E-state index in [-0.39, 0.29) is 18.4 Å². The van der Waals surface area contributed by atoms with E-state index in [1.165, 1.54) is 0 Å². The first-order valence-electron chi connectivity index (χ1n) is 13.2. The van der Waals surface area contributed by atoms with Gasteiger partial charge in [0.2, 0.25) is 0 Å². The van der Waals surface area contributed by atoms with Gasteiger partial charge in [-0.05, 0) is 49.8 Å². The average Bonchev–Trinajstić information content (AvgIpc) is 3.64. The van der Waals surface area contributed by atoms with Crippen LogP contribution in [0.4, 0.5) is 5.69 Å². The first-order chi connectivity index (χ1) is 17.6. The van der Waals surface area contributed by atoms with Crippen molar-refractivity contribution in [2.24, 2.45) is 0 Å². The molecule has 2 fully saturated rings. The van der Waals surface area contributed by atoms with Gasteiger partial charge < -0.3 is 19.3 Å². The lowest BCUT2D eigenvalue weighted by Crippen LogP contribution is -2.45. The van der Waals surface area contributed by atoms with E-state index in [1.807, 2.05) is 40.1 Å². The summed E-state index contributed by atoms with van der Waals surface area (Å²) in [6, 6.07) is 10.2. The number of hydrogen-bond acceptors (Lipinski definition) is 6. The third-order valence-electron chi connectivity index (χ3n) is 7.53. The maximum Gasteiger partial charge on any atom is 0.274 e. The zero-order valence-electron chi connectivity index (χ0n) is 21.2. The van der Waals surface area contributed by atoms with Gasteiger partial charge in [-0.1, -0.05) is 18.2 Å². The molecule has 2 aromatic rings. The molecule has 0 bridgehead atoms. The lowest BCUT2D eigenvalue weighted by atomic mass is 10.1. The van der Waals surface area contributed by atoms with Crippen molar-refractivity contribution in [3.8, 4) is 0 Å². The van der Waals surface area contributed by atoms with Crippen LogP contribution in [0.15, 0.2) is 30.3 Å². The molecule has 1 saturated carbocycles. The van der Waals surface area contributed by atoms with Crippen LogP contribution < -0.4 is 4.90 Å². The standard InChI is InChI=1S/C27H37N5O4/c1-35-19-26(33)32-12-4-11-30(22-9-15-36-16-10-22)13-14-31(18-21-5-2-3-6-25(21)32)27(34)24-17-23(28-29-24)20-7-8-20/h2-3,5-6,17,20,22H,4,7-16,18-19H2,1H3,(H,28,29). The van der Waals surface area contributed by atoms with Gasteiger partial charge in [0.1, 0.15) is 12.3 Å². The van der Waals surface area contributed by atoms with Gasteiger partial charge in [-0.3, -0.25) is 19.6 Å². The van der Waals surface area contributed by atoms with Crippen molar-refractivity contribution in [1.29, 1.82) is 0 Å². The van der Waals surface area contributed by atoms with Crippen LogP contribution in [0, 0.1) is 0 Å². The van der Waals surface area contributed by atoms with Crippen molar-refractivity contribution < 1.29 is 19.1 Å². The molecule has 9 nitrogen and oxygen atoms in total. The SMILES string of the molecule is COCC(=O)N1CCCN(C2CCOCC2)CCN(C(=O)c2cc(C3CC3)[nH]n2)Cc2ccccc21. The quantitative estimate of drug-likeness (QED) is 0.686. The number of carbonyl (C=O) groups excluding carboxylic acids is 2. The molecule has 3 heterocycles. The molecule has 1 saturated heterocycles. The van der Waals surface area contributed by atoms with E-state index in [1.54, 1.807) is 7.11 Å². The molecule has 5 rings (SSSR count). The molecule has 9 heteroatoms. The van der Waals surface area contributed by atoms with Crippen molar-refractivity contribution in [1.82, 2.24) is 20.0 Å². The summed E-state index contributed by atoms with van der Waals surface area (Å²) in [5, 5.41) is 7.45. The zero-order chi connectivity index (χ0) is 24.9. The summed E-state index contributed by atoms with van der Waals surface area (Å²) in [5.41, 5.74) is 3.32. The van der Waals surface area contributed by atoms with Gasteiger partial charge in [0.25, 0.3) is 11.8 Å². The maximum atomic E-state index is 13.7. The Morgan fingerprint density at radius 1 is 1.08 bits per heavy atom. The average molecular weight is 496 g/mol. The Morgan fingerprint density at radius 2 is 1.89 bits per heavy atom. The molecular formula is C27H37N5O4. The molecule has 3 aliphatic rings. The lowest BCUT2D eigenvalue weighted by Gasteiger charge is -2.35. The molecule has 1 aromatic heterocycles. The Labute approximate surface area is 212 Å². The number of aromatic nitrogens is 2. The molecule has 1 N–H and O–H groups in total. The van der Waals surface area contributed by atoms with Crippen molar-refractivity contribution in [3.05, 3.63) is 47.3 Å². The first kappa shape index (κ1) is 24.9. The van der Waals surface area contributed by atoms with Crippen LogP contribution in [0.5, 0.6) is 0 Å². The van der Waals surface area contributed by atoms with Crippen LogP contribution in [0.3, 0.4) is 0 Å². The second-order valence-electron chi connectivity index (χ2n) is 10.0. The second kappa shape index (κ2) is 11.5. The number of anilines is 1. The number of nitrogens with zero attached hydrogens (tertiary/aromatic N) is 4. The lowest BCUT2D eigenvalue weighted by molar-refractivity contribution is -0.122. The summed E-state index contributed by atoms with van der Waals surface area (Å²) in [7, 11) is 1.54. The largest absolute Gasteiger partial charge is 0.381 e. The van der Waals surface area contributed by atoms with Crippen molar-refractivity contribution in [2.75, 3.05) is 58.0 Å². The predicted octanol–water partition coefficient (Wildman–Crippen LogP) is 2.79. The fraction of sp³-hybridized carbons (Fsp3) is 0.593. The van der Waals surface area contributed by atoms with E-state index in [2.05, 4.69) is 15.1 Å². The number of benzene rings is 1. The van der Waals surface area contributed by atoms with Crippen LogP contribution >= 0.6 is 0 Å². The number of aromatic amines is 1. The molecule has 1 aliphatic carbocycles. The Hall–Kier alpha value is -2.75. The second-order valence-corrected chi connectivity index (χ2v) is 10.0. The number of methoxy groups -OCH3 is 1. The molecule has 1 aromatic carbocycles. The number of fused-ring (bicyclic) bond motifs is 1. The molecule has 0 spiro atoms. The monoisotopic (exact) mass is 495 g/mol. The highest BCUT2D eigenvalue weighted by molar-refractivity contribution is 5.95. The third-order valence-corrected chi connectivity index (χ3v) is 7.53. The van der Waals surface area contributed by atoms with Gasteiger partial charge >= 0.3 is 0 Å². The maximum absolute atomic E-state index is 13.7. The van der Waals surface area contributed by atoms with Gasteiger partial charge in [0.05, 0.1) is 0 Å². The zero-order valence-corrected chi connectivity index (χ0v) is 21.2. The summed E-state index contributed by atoms with van der Waals surface area (Å²) in [6.07, 6.45) is 5.13. The number of amides is 2. The van der Waals surface area contributed by atoms with Crippen LogP contribution in [-0.4, -0.2) is 91.0 Å². The number of rotatable bonds is 5. The fourth-order valence-corrected chi connectivity index (χ4v) is 5.37. The first-order valence-corrected chi connectivity index (χ1v) is 13.2. The van der Waals surface area contributed by atoms with E-state index in [4.69, 9.17) is 9.47 Å². The summed E-state index contributed by atoms with van der Waals surface area (Å²) < 4.78 is 10.8. The number of nitrogens with one attached hydrogen (secondary N) is 1. The van der Waals surface area contributed by atoms with E-state index in [0.29, 0.717) is 37.3 Å². The van der Waals surface area contributed by atoms with Crippen LogP contribution in [0.2, 0.25) is 0 Å². The van der Waals surface area contributed by atoms with Crippen LogP contribution in [0.25, 0.3) is 0 Å². The highest BCUT2D eigenvalue weighted by atomic mass is 16.5. The molecule has 2 amide bonds. The number of carbonyl (C=O) groups is 2. The van der Waals surface area contributed by atoms with E-state index in [0.717, 1.165) is 75.4 Å². The third kappa shape index (κ3) is 5.79. The summed E-state index contributed by atoms with van der Waals surface area (Å²) in [6.45, 7) is 4.83. The number of ether oxygens (including phenoxy) is 2. The molecule has 0 radical (unpaired) electrons. The Morgan fingerprint density at radius 3 is 2.67 bits per heavy atom. The van der Waals surface area contributed by atoms with Crippen molar-refractivity contribution >= 4 is 17.5 Å². The Kier molecular flexibility index (Phi) is 7.99. The fourth-order valence-electron chi connectivity index (χ4n) is 5.37. The Balaban J connectivity index is 1.45. The van der Waals surface area contributed by atoms with Gasteiger partial charge in [0.15, 0.2) is 0 Å². The number of H-pyrrole nitrogens is 1. The minimum Gasteiger partial charge on any atom is -0.381 e. The molecular weight excluding hydrogens is 458 g/mol. The van der Waals surface area contributed by atoms with Crippen LogP contribution in [-0.2, 0) is 20.8 Å². The number of para-hydroxylation sites is 1. The summed E-state index contributed by atoms with van der Waals surface area (Å²) >= 11 is 0. The molecule has 0 unspecified atom stereocenters. The molecule has 2 aliphatic heterocycles. The van der Waals surface area contributed by atoms with Gasteiger partial charge in [-0.15, -0.1) is 0 Å². The van der Waals surface area contributed by atoms with Gasteiger partial charge in [-0.2, -0.15) is 5.10 Å². The minimum atomic E-state index is -0.0751. The molecule has 194 valence electrons.